The topological polar surface area (TPSA) is 48.5 Å². The van der Waals surface area contributed by atoms with Gasteiger partial charge in [-0.15, -0.1) is 0 Å². The van der Waals surface area contributed by atoms with Gasteiger partial charge in [0.2, 0.25) is 0 Å². The van der Waals surface area contributed by atoms with E-state index in [1.807, 2.05) is 11.8 Å². The van der Waals surface area contributed by atoms with Crippen LogP contribution in [-0.2, 0) is 0 Å². The maximum absolute atomic E-state index is 14.2. The van der Waals surface area contributed by atoms with Crippen LogP contribution in [0.15, 0.2) is 12.1 Å². The van der Waals surface area contributed by atoms with E-state index < -0.39 is 0 Å². The summed E-state index contributed by atoms with van der Waals surface area (Å²) in [6.07, 6.45) is 0.566. The molecule has 0 spiro atoms. The third-order valence-corrected chi connectivity index (χ3v) is 4.07. The molecule has 2 rings (SSSR count). The van der Waals surface area contributed by atoms with E-state index in [0.717, 1.165) is 38.3 Å². The lowest BCUT2D eigenvalue weighted by Gasteiger charge is -2.33. The molecule has 1 aromatic carbocycles. The first-order chi connectivity index (χ1) is 10.0. The zero-order valence-corrected chi connectivity index (χ0v) is 12.6. The van der Waals surface area contributed by atoms with Crippen molar-refractivity contribution in [2.24, 2.45) is 0 Å². The summed E-state index contributed by atoms with van der Waals surface area (Å²) in [5.74, 6) is -0.435. The summed E-state index contributed by atoms with van der Waals surface area (Å²) in [7, 11) is 0. The average molecular weight is 290 g/mol. The number of Topliss-reactive ketones (excluding diaryl/α,β-unsaturated/α-hetero) is 1. The fourth-order valence-electron chi connectivity index (χ4n) is 2.83. The quantitative estimate of drug-likeness (QED) is 0.840. The fourth-order valence-corrected chi connectivity index (χ4v) is 2.83. The number of halogens is 1. The minimum Gasteiger partial charge on any atom is -0.358 e. The Morgan fingerprint density at radius 1 is 1.43 bits per heavy atom. The maximum atomic E-state index is 14.2. The number of aryl methyl sites for hydroxylation is 1. The maximum Gasteiger partial charge on any atom is 0.160 e. The van der Waals surface area contributed by atoms with Crippen LogP contribution in [0.2, 0.25) is 0 Å². The van der Waals surface area contributed by atoms with E-state index >= 15 is 0 Å². The molecule has 1 N–H and O–H groups in total. The van der Waals surface area contributed by atoms with Gasteiger partial charge in [-0.1, -0.05) is 0 Å². The molecule has 0 atom stereocenters. The van der Waals surface area contributed by atoms with Crippen LogP contribution in [-0.4, -0.2) is 38.5 Å². The second-order valence-corrected chi connectivity index (χ2v) is 5.57. The Kier molecular flexibility index (Phi) is 4.92. The van der Waals surface area contributed by atoms with Gasteiger partial charge in [0, 0.05) is 5.56 Å². The van der Waals surface area contributed by atoms with Gasteiger partial charge in [0.15, 0.2) is 5.78 Å². The van der Waals surface area contributed by atoms with Crippen LogP contribution >= 0.6 is 0 Å². The highest BCUT2D eigenvalue weighted by Gasteiger charge is 2.22. The van der Waals surface area contributed by atoms with Gasteiger partial charge in [-0.3, -0.25) is 4.79 Å². The SMILES string of the molecule is CC(=O)c1cc(F)c(N2CC[NH+](CCC#N)CC2)cc1C. The molecule has 1 aliphatic heterocycles. The number of carbonyl (C=O) groups excluding carboxylic acids is 1. The molecule has 0 aliphatic carbocycles. The number of hydrogen-bond donors (Lipinski definition) is 1. The van der Waals surface area contributed by atoms with Gasteiger partial charge in [0.05, 0.1) is 50.9 Å². The minimum atomic E-state index is -0.328. The fraction of sp³-hybridized carbons (Fsp3) is 0.500. The molecule has 0 bridgehead atoms. The summed E-state index contributed by atoms with van der Waals surface area (Å²) in [6.45, 7) is 7.53. The van der Waals surface area contributed by atoms with E-state index in [-0.39, 0.29) is 11.6 Å². The van der Waals surface area contributed by atoms with Crippen molar-refractivity contribution >= 4 is 11.5 Å². The van der Waals surface area contributed by atoms with Gasteiger partial charge in [-0.05, 0) is 31.5 Å². The summed E-state index contributed by atoms with van der Waals surface area (Å²) in [6, 6.07) is 5.28. The molecule has 5 heteroatoms. The number of quaternary nitrogens is 1. The number of ketones is 1. The van der Waals surface area contributed by atoms with E-state index in [1.165, 1.54) is 17.9 Å². The van der Waals surface area contributed by atoms with Crippen molar-refractivity contribution in [3.05, 3.63) is 29.1 Å². The lowest BCUT2D eigenvalue weighted by molar-refractivity contribution is -0.900. The number of rotatable bonds is 4. The van der Waals surface area contributed by atoms with Crippen molar-refractivity contribution in [1.29, 1.82) is 5.26 Å². The number of anilines is 1. The van der Waals surface area contributed by atoms with Crippen LogP contribution < -0.4 is 9.80 Å². The van der Waals surface area contributed by atoms with E-state index in [0.29, 0.717) is 17.7 Å². The number of nitriles is 1. The van der Waals surface area contributed by atoms with Crippen LogP contribution in [0.3, 0.4) is 0 Å². The van der Waals surface area contributed by atoms with Crippen LogP contribution in [0.1, 0.15) is 29.3 Å². The number of carbonyl (C=O) groups is 1. The number of hydrogen-bond acceptors (Lipinski definition) is 3. The van der Waals surface area contributed by atoms with Gasteiger partial charge in [0.25, 0.3) is 0 Å². The Morgan fingerprint density at radius 3 is 2.67 bits per heavy atom. The number of nitrogens with one attached hydrogen (secondary N) is 1. The first-order valence-electron chi connectivity index (χ1n) is 7.29. The van der Waals surface area contributed by atoms with Crippen molar-refractivity contribution in [2.45, 2.75) is 20.3 Å². The molecule has 4 nitrogen and oxygen atoms in total. The van der Waals surface area contributed by atoms with Crippen LogP contribution in [0, 0.1) is 24.1 Å². The molecule has 0 amide bonds. The highest BCUT2D eigenvalue weighted by Crippen LogP contribution is 2.24. The monoisotopic (exact) mass is 290 g/mol. The normalized spacial score (nSPS) is 15.8. The zero-order valence-electron chi connectivity index (χ0n) is 12.6. The third-order valence-electron chi connectivity index (χ3n) is 4.07. The Bertz CT molecular complexity index is 572. The second-order valence-electron chi connectivity index (χ2n) is 5.57. The first-order valence-corrected chi connectivity index (χ1v) is 7.29. The van der Waals surface area contributed by atoms with Crippen molar-refractivity contribution in [1.82, 2.24) is 0 Å². The first kappa shape index (κ1) is 15.5. The molecule has 1 heterocycles. The Labute approximate surface area is 124 Å². The minimum absolute atomic E-state index is 0.108. The van der Waals surface area contributed by atoms with E-state index in [1.54, 1.807) is 6.07 Å². The molecule has 21 heavy (non-hydrogen) atoms. The van der Waals surface area contributed by atoms with E-state index in [9.17, 15) is 9.18 Å². The van der Waals surface area contributed by atoms with Crippen molar-refractivity contribution in [3.8, 4) is 6.07 Å². The predicted molar refractivity (Wildman–Crippen MR) is 79.1 cm³/mol. The predicted octanol–water partition coefficient (Wildman–Crippen LogP) is 0.955. The number of benzene rings is 1. The largest absolute Gasteiger partial charge is 0.358 e. The third kappa shape index (κ3) is 3.59. The summed E-state index contributed by atoms with van der Waals surface area (Å²) < 4.78 is 14.2. The van der Waals surface area contributed by atoms with Crippen LogP contribution in [0.25, 0.3) is 0 Å². The van der Waals surface area contributed by atoms with Crippen LogP contribution in [0.5, 0.6) is 0 Å². The molecule has 1 aromatic rings. The Hall–Kier alpha value is -1.93. The molecule has 0 radical (unpaired) electrons. The van der Waals surface area contributed by atoms with Crippen molar-refractivity contribution in [2.75, 3.05) is 37.6 Å². The Morgan fingerprint density at radius 2 is 2.10 bits per heavy atom. The van der Waals surface area contributed by atoms with E-state index in [2.05, 4.69) is 6.07 Å². The standard InChI is InChI=1S/C16H20FN3O/c1-12-10-16(15(17)11-14(12)13(2)21)20-8-6-19(7-9-20)5-3-4-18/h10-11H,3,5-9H2,1-2H3/p+1. The van der Waals surface area contributed by atoms with Crippen LogP contribution in [0.4, 0.5) is 10.1 Å². The second kappa shape index (κ2) is 6.68. The molecule has 1 fully saturated rings. The summed E-state index contributed by atoms with van der Waals surface area (Å²) in [4.78, 5) is 14.9. The number of nitrogens with zero attached hydrogens (tertiary/aromatic N) is 2. The molecule has 1 aliphatic rings. The van der Waals surface area contributed by atoms with Gasteiger partial charge >= 0.3 is 0 Å². The molecule has 0 aromatic heterocycles. The van der Waals surface area contributed by atoms with Gasteiger partial charge in [-0.25, -0.2) is 4.39 Å². The summed E-state index contributed by atoms with van der Waals surface area (Å²) >= 11 is 0. The summed E-state index contributed by atoms with van der Waals surface area (Å²) in [5.41, 5.74) is 1.85. The zero-order chi connectivity index (χ0) is 15.4. The molecule has 112 valence electrons. The van der Waals surface area contributed by atoms with Crippen molar-refractivity contribution in [3.63, 3.8) is 0 Å². The smallest absolute Gasteiger partial charge is 0.160 e. The summed E-state index contributed by atoms with van der Waals surface area (Å²) in [5, 5.41) is 8.61. The van der Waals surface area contributed by atoms with E-state index in [4.69, 9.17) is 5.26 Å². The Balaban J connectivity index is 2.09. The van der Waals surface area contributed by atoms with Gasteiger partial charge in [0.1, 0.15) is 5.82 Å². The molecular formula is C16H21FN3O+. The van der Waals surface area contributed by atoms with Gasteiger partial charge < -0.3 is 9.80 Å². The van der Waals surface area contributed by atoms with Crippen molar-refractivity contribution < 1.29 is 14.1 Å². The molecule has 1 saturated heterocycles. The highest BCUT2D eigenvalue weighted by molar-refractivity contribution is 5.96. The lowest BCUT2D eigenvalue weighted by atomic mass is 10.0. The van der Waals surface area contributed by atoms with Gasteiger partial charge in [-0.2, -0.15) is 5.26 Å². The average Bonchev–Trinajstić information content (AvgIpc) is 2.47. The highest BCUT2D eigenvalue weighted by atomic mass is 19.1. The lowest BCUT2D eigenvalue weighted by Crippen LogP contribution is -3.14. The molecule has 0 saturated carbocycles. The molecular weight excluding hydrogens is 269 g/mol. The number of piperazine rings is 1. The molecule has 0 unspecified atom stereocenters.